The van der Waals surface area contributed by atoms with Gasteiger partial charge in [0, 0.05) is 5.56 Å². The third-order valence-electron chi connectivity index (χ3n) is 7.56. The molecule has 2 aliphatic rings. The van der Waals surface area contributed by atoms with E-state index in [2.05, 4.69) is 6.92 Å². The number of ether oxygens (including phenoxy) is 1. The molecule has 0 atom stereocenters. The van der Waals surface area contributed by atoms with Crippen LogP contribution < -0.4 is 4.74 Å². The molecule has 0 radical (unpaired) electrons. The van der Waals surface area contributed by atoms with Gasteiger partial charge in [0.1, 0.15) is 0 Å². The normalized spacial score (nSPS) is 27.5. The van der Waals surface area contributed by atoms with E-state index < -0.39 is 11.6 Å². The monoisotopic (exact) mass is 418 g/mol. The Kier molecular flexibility index (Phi) is 9.21. The number of rotatable bonds is 9. The molecule has 0 amide bonds. The summed E-state index contributed by atoms with van der Waals surface area (Å²) >= 11 is 0. The van der Waals surface area contributed by atoms with Crippen molar-refractivity contribution in [2.75, 3.05) is 6.61 Å². The van der Waals surface area contributed by atoms with Gasteiger partial charge in [0.25, 0.3) is 0 Å². The Morgan fingerprint density at radius 3 is 2.00 bits per heavy atom. The summed E-state index contributed by atoms with van der Waals surface area (Å²) in [7, 11) is 0. The topological polar surface area (TPSA) is 9.23 Å². The Labute approximate surface area is 182 Å². The van der Waals surface area contributed by atoms with Crippen molar-refractivity contribution in [3.63, 3.8) is 0 Å². The van der Waals surface area contributed by atoms with Crippen molar-refractivity contribution in [1.82, 2.24) is 0 Å². The van der Waals surface area contributed by atoms with E-state index in [0.29, 0.717) is 12.2 Å². The smallest absolute Gasteiger partial charge is 0.201 e. The van der Waals surface area contributed by atoms with Crippen LogP contribution in [0.1, 0.15) is 96.5 Å². The van der Waals surface area contributed by atoms with Gasteiger partial charge in [-0.1, -0.05) is 57.6 Å². The zero-order valence-corrected chi connectivity index (χ0v) is 19.0. The molecule has 0 saturated heterocycles. The predicted octanol–water partition coefficient (Wildman–Crippen LogP) is 8.57. The van der Waals surface area contributed by atoms with E-state index in [1.807, 2.05) is 6.08 Å². The lowest BCUT2D eigenvalue weighted by Crippen LogP contribution is -2.25. The summed E-state index contributed by atoms with van der Waals surface area (Å²) in [6.07, 6.45) is 19.9. The highest BCUT2D eigenvalue weighted by Gasteiger charge is 2.30. The molecule has 168 valence electrons. The zero-order valence-electron chi connectivity index (χ0n) is 19.0. The molecular formula is C27H40F2O. The second kappa shape index (κ2) is 11.9. The quantitative estimate of drug-likeness (QED) is 0.390. The lowest BCUT2D eigenvalue weighted by molar-refractivity contribution is 0.141. The Balaban J connectivity index is 1.38. The van der Waals surface area contributed by atoms with Crippen LogP contribution in [0.15, 0.2) is 18.2 Å². The first kappa shape index (κ1) is 23.3. The van der Waals surface area contributed by atoms with Crippen molar-refractivity contribution in [2.45, 2.75) is 90.9 Å². The standard InChI is InChI=1S/C27H40F2O/c1-3-7-20-10-14-22(15-11-20)23-16-12-21(13-17-23)8-5-6-9-24-18-19-25(30-4-2)27(29)26(24)28/h6,9,18-23H,3-5,7-8,10-17H2,1-2H3. The van der Waals surface area contributed by atoms with E-state index in [1.165, 1.54) is 70.3 Å². The number of hydrogen-bond donors (Lipinski definition) is 0. The van der Waals surface area contributed by atoms with Gasteiger partial charge in [0.15, 0.2) is 11.6 Å². The Morgan fingerprint density at radius 1 is 0.833 bits per heavy atom. The second-order valence-electron chi connectivity index (χ2n) is 9.54. The van der Waals surface area contributed by atoms with Gasteiger partial charge in [0.2, 0.25) is 5.82 Å². The molecule has 0 N–H and O–H groups in total. The summed E-state index contributed by atoms with van der Waals surface area (Å²) in [5, 5.41) is 0. The van der Waals surface area contributed by atoms with Gasteiger partial charge in [-0.3, -0.25) is 0 Å². The first-order chi connectivity index (χ1) is 14.6. The van der Waals surface area contributed by atoms with Crippen molar-refractivity contribution in [3.05, 3.63) is 35.4 Å². The van der Waals surface area contributed by atoms with Crippen molar-refractivity contribution in [3.8, 4) is 5.75 Å². The van der Waals surface area contributed by atoms with Gasteiger partial charge in [-0.2, -0.15) is 4.39 Å². The van der Waals surface area contributed by atoms with Crippen LogP contribution in [0, 0.1) is 35.3 Å². The highest BCUT2D eigenvalue weighted by Crippen LogP contribution is 2.43. The molecule has 3 heteroatoms. The molecule has 0 aliphatic heterocycles. The fourth-order valence-electron chi connectivity index (χ4n) is 5.79. The second-order valence-corrected chi connectivity index (χ2v) is 9.54. The summed E-state index contributed by atoms with van der Waals surface area (Å²) in [5.41, 5.74) is 0.304. The third kappa shape index (κ3) is 6.31. The van der Waals surface area contributed by atoms with E-state index in [1.54, 1.807) is 19.1 Å². The Hall–Kier alpha value is -1.38. The number of benzene rings is 1. The molecule has 0 spiro atoms. The molecule has 3 rings (SSSR count). The van der Waals surface area contributed by atoms with Crippen LogP contribution in [-0.4, -0.2) is 6.61 Å². The SMILES string of the molecule is CCCC1CCC(C2CCC(CCC=Cc3ccc(OCC)c(F)c3F)CC2)CC1. The maximum atomic E-state index is 14.1. The van der Waals surface area contributed by atoms with Gasteiger partial charge in [-0.25, -0.2) is 4.39 Å². The Morgan fingerprint density at radius 2 is 1.43 bits per heavy atom. The molecule has 2 saturated carbocycles. The van der Waals surface area contributed by atoms with E-state index in [9.17, 15) is 8.78 Å². The summed E-state index contributed by atoms with van der Waals surface area (Å²) in [6, 6.07) is 3.11. The maximum absolute atomic E-state index is 14.1. The summed E-state index contributed by atoms with van der Waals surface area (Å²) in [5.74, 6) is 2.03. The molecule has 0 heterocycles. The molecule has 2 fully saturated rings. The van der Waals surface area contributed by atoms with Crippen LogP contribution in [0.3, 0.4) is 0 Å². The number of hydrogen-bond acceptors (Lipinski definition) is 1. The van der Waals surface area contributed by atoms with Gasteiger partial charge >= 0.3 is 0 Å². The average molecular weight is 419 g/mol. The fourth-order valence-corrected chi connectivity index (χ4v) is 5.79. The molecule has 0 aromatic heterocycles. The largest absolute Gasteiger partial charge is 0.491 e. The van der Waals surface area contributed by atoms with Crippen LogP contribution in [0.5, 0.6) is 5.75 Å². The molecule has 1 aromatic carbocycles. The summed E-state index contributed by atoms with van der Waals surface area (Å²) in [6.45, 7) is 4.40. The maximum Gasteiger partial charge on any atom is 0.201 e. The zero-order chi connectivity index (χ0) is 21.3. The minimum Gasteiger partial charge on any atom is -0.491 e. The molecule has 0 unspecified atom stereocenters. The van der Waals surface area contributed by atoms with Crippen molar-refractivity contribution in [1.29, 1.82) is 0 Å². The first-order valence-electron chi connectivity index (χ1n) is 12.4. The summed E-state index contributed by atoms with van der Waals surface area (Å²) < 4.78 is 33.2. The summed E-state index contributed by atoms with van der Waals surface area (Å²) in [4.78, 5) is 0. The molecule has 2 aliphatic carbocycles. The van der Waals surface area contributed by atoms with Crippen LogP contribution in [0.25, 0.3) is 6.08 Å². The van der Waals surface area contributed by atoms with E-state index in [0.717, 1.165) is 36.5 Å². The van der Waals surface area contributed by atoms with E-state index in [-0.39, 0.29) is 5.75 Å². The highest BCUT2D eigenvalue weighted by atomic mass is 19.2. The Bertz CT molecular complexity index is 668. The fraction of sp³-hybridized carbons (Fsp3) is 0.704. The lowest BCUT2D eigenvalue weighted by atomic mass is 9.68. The molecular weight excluding hydrogens is 378 g/mol. The van der Waals surface area contributed by atoms with Gasteiger partial charge in [-0.05, 0) is 81.3 Å². The van der Waals surface area contributed by atoms with Gasteiger partial charge in [-0.15, -0.1) is 0 Å². The molecule has 30 heavy (non-hydrogen) atoms. The third-order valence-corrected chi connectivity index (χ3v) is 7.56. The highest BCUT2D eigenvalue weighted by molar-refractivity contribution is 5.52. The predicted molar refractivity (Wildman–Crippen MR) is 122 cm³/mol. The van der Waals surface area contributed by atoms with Crippen LogP contribution >= 0.6 is 0 Å². The molecule has 1 aromatic rings. The van der Waals surface area contributed by atoms with Crippen molar-refractivity contribution >= 4 is 6.08 Å². The minimum absolute atomic E-state index is 0.0113. The average Bonchev–Trinajstić information content (AvgIpc) is 2.77. The van der Waals surface area contributed by atoms with Crippen LogP contribution in [0.2, 0.25) is 0 Å². The van der Waals surface area contributed by atoms with Crippen molar-refractivity contribution < 1.29 is 13.5 Å². The van der Waals surface area contributed by atoms with Gasteiger partial charge < -0.3 is 4.74 Å². The number of halogens is 2. The van der Waals surface area contributed by atoms with Crippen LogP contribution in [-0.2, 0) is 0 Å². The first-order valence-corrected chi connectivity index (χ1v) is 12.4. The van der Waals surface area contributed by atoms with E-state index in [4.69, 9.17) is 4.74 Å². The van der Waals surface area contributed by atoms with Crippen LogP contribution in [0.4, 0.5) is 8.78 Å². The van der Waals surface area contributed by atoms with Crippen molar-refractivity contribution in [2.24, 2.45) is 23.7 Å². The van der Waals surface area contributed by atoms with E-state index >= 15 is 0 Å². The molecule has 0 bridgehead atoms. The molecule has 1 nitrogen and oxygen atoms in total. The van der Waals surface area contributed by atoms with Gasteiger partial charge in [0.05, 0.1) is 6.61 Å². The number of allylic oxidation sites excluding steroid dienone is 1. The lowest BCUT2D eigenvalue weighted by Gasteiger charge is -2.38. The minimum atomic E-state index is -0.888.